The van der Waals surface area contributed by atoms with E-state index in [1.807, 2.05) is 0 Å². The van der Waals surface area contributed by atoms with E-state index in [2.05, 4.69) is 0 Å². The van der Waals surface area contributed by atoms with Crippen molar-refractivity contribution in [2.24, 2.45) is 0 Å². The quantitative estimate of drug-likeness (QED) is 0.233. The maximum Gasteiger partial charge on any atom is 0.203 e. The topological polar surface area (TPSA) is 90.9 Å². The van der Waals surface area contributed by atoms with E-state index in [9.17, 15) is 4.79 Å². The molecule has 0 bridgehead atoms. The standard InChI is InChI=1S/C28H30O9/c1-30-18-9-10-20(21(29)11-8-17-12-23(31-2)27(35-6)24(13-17)32-3)22(14-18)37-19-15-25(33-4)28(36-7)26(16-19)34-5/h8-16H,1-7H3/b11-8+. The molecule has 0 unspecified atom stereocenters. The fraction of sp³-hybridized carbons (Fsp3) is 0.250. The van der Waals surface area contributed by atoms with Crippen molar-refractivity contribution in [2.45, 2.75) is 0 Å². The largest absolute Gasteiger partial charge is 0.497 e. The summed E-state index contributed by atoms with van der Waals surface area (Å²) in [6, 6.07) is 11.7. The van der Waals surface area contributed by atoms with Crippen LogP contribution in [0.25, 0.3) is 6.08 Å². The van der Waals surface area contributed by atoms with E-state index in [0.717, 1.165) is 0 Å². The fourth-order valence-corrected chi connectivity index (χ4v) is 3.62. The molecule has 0 aromatic heterocycles. The highest BCUT2D eigenvalue weighted by atomic mass is 16.5. The molecular formula is C28H30O9. The molecule has 0 aliphatic rings. The summed E-state index contributed by atoms with van der Waals surface area (Å²) in [6.45, 7) is 0. The van der Waals surface area contributed by atoms with Gasteiger partial charge in [0, 0.05) is 18.2 Å². The third-order valence-electron chi connectivity index (χ3n) is 5.43. The van der Waals surface area contributed by atoms with Crippen molar-refractivity contribution in [3.05, 3.63) is 59.7 Å². The van der Waals surface area contributed by atoms with E-state index in [1.165, 1.54) is 55.8 Å². The maximum absolute atomic E-state index is 13.2. The number of methoxy groups -OCH3 is 7. The molecule has 0 saturated heterocycles. The molecule has 37 heavy (non-hydrogen) atoms. The second kappa shape index (κ2) is 12.4. The summed E-state index contributed by atoms with van der Waals surface area (Å²) in [5, 5.41) is 0. The van der Waals surface area contributed by atoms with Crippen LogP contribution in [-0.4, -0.2) is 55.6 Å². The Morgan fingerprint density at radius 1 is 0.568 bits per heavy atom. The Bertz CT molecular complexity index is 1230. The number of ketones is 1. The van der Waals surface area contributed by atoms with E-state index >= 15 is 0 Å². The van der Waals surface area contributed by atoms with Gasteiger partial charge < -0.3 is 37.9 Å². The molecule has 3 aromatic carbocycles. The Morgan fingerprint density at radius 3 is 1.51 bits per heavy atom. The van der Waals surface area contributed by atoms with E-state index in [-0.39, 0.29) is 11.5 Å². The third-order valence-corrected chi connectivity index (χ3v) is 5.43. The Kier molecular flexibility index (Phi) is 9.10. The van der Waals surface area contributed by atoms with Crippen LogP contribution in [0.3, 0.4) is 0 Å². The lowest BCUT2D eigenvalue weighted by Crippen LogP contribution is -2.01. The smallest absolute Gasteiger partial charge is 0.203 e. The summed E-state index contributed by atoms with van der Waals surface area (Å²) in [5.41, 5.74) is 1.00. The first-order valence-corrected chi connectivity index (χ1v) is 11.1. The highest BCUT2D eigenvalue weighted by Crippen LogP contribution is 2.43. The predicted molar refractivity (Wildman–Crippen MR) is 139 cm³/mol. The Morgan fingerprint density at radius 2 is 1.05 bits per heavy atom. The number of hydrogen-bond acceptors (Lipinski definition) is 9. The maximum atomic E-state index is 13.2. The number of carbonyl (C=O) groups is 1. The first-order valence-electron chi connectivity index (χ1n) is 11.1. The van der Waals surface area contributed by atoms with Crippen molar-refractivity contribution in [2.75, 3.05) is 49.8 Å². The fourth-order valence-electron chi connectivity index (χ4n) is 3.62. The molecule has 0 radical (unpaired) electrons. The van der Waals surface area contributed by atoms with Crippen LogP contribution in [-0.2, 0) is 0 Å². The predicted octanol–water partition coefficient (Wildman–Crippen LogP) is 5.44. The van der Waals surface area contributed by atoms with E-state index in [1.54, 1.807) is 48.5 Å². The number of hydrogen-bond donors (Lipinski definition) is 0. The average Bonchev–Trinajstić information content (AvgIpc) is 2.94. The van der Waals surface area contributed by atoms with Crippen molar-refractivity contribution in [1.82, 2.24) is 0 Å². The molecule has 9 nitrogen and oxygen atoms in total. The van der Waals surface area contributed by atoms with Gasteiger partial charge in [0.25, 0.3) is 0 Å². The van der Waals surface area contributed by atoms with Crippen molar-refractivity contribution >= 4 is 11.9 Å². The molecule has 0 atom stereocenters. The Balaban J connectivity index is 1.99. The Hall–Kier alpha value is -4.53. The average molecular weight is 511 g/mol. The number of ether oxygens (including phenoxy) is 8. The van der Waals surface area contributed by atoms with Gasteiger partial charge in [-0.05, 0) is 35.9 Å². The highest BCUT2D eigenvalue weighted by Gasteiger charge is 2.18. The minimum atomic E-state index is -0.293. The second-order valence-corrected chi connectivity index (χ2v) is 7.48. The number of benzene rings is 3. The molecular weight excluding hydrogens is 480 g/mol. The second-order valence-electron chi connectivity index (χ2n) is 7.48. The molecule has 0 spiro atoms. The van der Waals surface area contributed by atoms with Crippen molar-refractivity contribution < 1.29 is 42.7 Å². The lowest BCUT2D eigenvalue weighted by molar-refractivity contribution is 0.104. The minimum Gasteiger partial charge on any atom is -0.497 e. The van der Waals surface area contributed by atoms with Gasteiger partial charge in [-0.1, -0.05) is 6.08 Å². The van der Waals surface area contributed by atoms with Crippen LogP contribution in [0.4, 0.5) is 0 Å². The van der Waals surface area contributed by atoms with Crippen LogP contribution < -0.4 is 37.9 Å². The van der Waals surface area contributed by atoms with Gasteiger partial charge in [0.1, 0.15) is 17.2 Å². The van der Waals surface area contributed by atoms with Crippen LogP contribution in [0, 0.1) is 0 Å². The lowest BCUT2D eigenvalue weighted by Gasteiger charge is -2.16. The molecule has 3 aromatic rings. The highest BCUT2D eigenvalue weighted by molar-refractivity contribution is 6.08. The van der Waals surface area contributed by atoms with Crippen molar-refractivity contribution in [1.29, 1.82) is 0 Å². The molecule has 0 aliphatic carbocycles. The molecule has 0 fully saturated rings. The van der Waals surface area contributed by atoms with Gasteiger partial charge in [0.2, 0.25) is 11.5 Å². The van der Waals surface area contributed by atoms with Crippen LogP contribution in [0.2, 0.25) is 0 Å². The van der Waals surface area contributed by atoms with E-state index in [4.69, 9.17) is 37.9 Å². The summed E-state index contributed by atoms with van der Waals surface area (Å²) in [5.74, 6) is 3.56. The normalized spacial score (nSPS) is 10.6. The number of rotatable bonds is 12. The zero-order valence-corrected chi connectivity index (χ0v) is 21.9. The summed E-state index contributed by atoms with van der Waals surface area (Å²) < 4.78 is 43.8. The zero-order valence-electron chi connectivity index (χ0n) is 21.9. The molecule has 196 valence electrons. The van der Waals surface area contributed by atoms with Crippen LogP contribution in [0.5, 0.6) is 51.7 Å². The molecule has 3 rings (SSSR count). The first-order chi connectivity index (χ1) is 17.9. The van der Waals surface area contributed by atoms with E-state index in [0.29, 0.717) is 57.1 Å². The number of allylic oxidation sites excluding steroid dienone is 1. The third kappa shape index (κ3) is 6.00. The molecule has 0 amide bonds. The van der Waals surface area contributed by atoms with Crippen LogP contribution in [0.1, 0.15) is 15.9 Å². The molecule has 9 heteroatoms. The molecule has 0 N–H and O–H groups in total. The van der Waals surface area contributed by atoms with Gasteiger partial charge in [0.15, 0.2) is 28.8 Å². The minimum absolute atomic E-state index is 0.285. The first kappa shape index (κ1) is 27.1. The summed E-state index contributed by atoms with van der Waals surface area (Å²) >= 11 is 0. The monoisotopic (exact) mass is 510 g/mol. The van der Waals surface area contributed by atoms with Gasteiger partial charge in [-0.2, -0.15) is 0 Å². The van der Waals surface area contributed by atoms with Crippen LogP contribution in [0.15, 0.2) is 48.5 Å². The molecule has 0 heterocycles. The number of carbonyl (C=O) groups excluding carboxylic acids is 1. The van der Waals surface area contributed by atoms with Gasteiger partial charge >= 0.3 is 0 Å². The van der Waals surface area contributed by atoms with Gasteiger partial charge in [0.05, 0.1) is 55.3 Å². The van der Waals surface area contributed by atoms with Crippen molar-refractivity contribution in [3.8, 4) is 51.7 Å². The zero-order chi connectivity index (χ0) is 26.9. The van der Waals surface area contributed by atoms with Gasteiger partial charge in [-0.3, -0.25) is 4.79 Å². The van der Waals surface area contributed by atoms with Crippen molar-refractivity contribution in [3.63, 3.8) is 0 Å². The van der Waals surface area contributed by atoms with E-state index < -0.39 is 0 Å². The van der Waals surface area contributed by atoms with Gasteiger partial charge in [-0.25, -0.2) is 0 Å². The van der Waals surface area contributed by atoms with Gasteiger partial charge in [-0.15, -0.1) is 0 Å². The lowest BCUT2D eigenvalue weighted by atomic mass is 10.1. The summed E-state index contributed by atoms with van der Waals surface area (Å²) in [7, 11) is 10.6. The Labute approximate surface area is 216 Å². The summed E-state index contributed by atoms with van der Waals surface area (Å²) in [4.78, 5) is 13.2. The molecule has 0 saturated carbocycles. The summed E-state index contributed by atoms with van der Waals surface area (Å²) in [6.07, 6.45) is 3.09. The SMILES string of the molecule is COc1ccc(C(=O)/C=C/c2cc(OC)c(OC)c(OC)c2)c(Oc2cc(OC)c(OC)c(OC)c2)c1. The van der Waals surface area contributed by atoms with Crippen LogP contribution >= 0.6 is 0 Å². The molecule has 0 aliphatic heterocycles.